The van der Waals surface area contributed by atoms with Crippen molar-refractivity contribution in [1.29, 1.82) is 0 Å². The molecular weight excluding hydrogens is 306 g/mol. The number of rotatable bonds is 4. The van der Waals surface area contributed by atoms with Crippen LogP contribution in [0, 0.1) is 6.92 Å². The Kier molecular flexibility index (Phi) is 4.78. The predicted octanol–water partition coefficient (Wildman–Crippen LogP) is 3.62. The van der Waals surface area contributed by atoms with Crippen LogP contribution in [0.3, 0.4) is 0 Å². The fourth-order valence-electron chi connectivity index (χ4n) is 1.95. The molecule has 0 aliphatic carbocycles. The van der Waals surface area contributed by atoms with Crippen LogP contribution in [0.1, 0.15) is 15.9 Å². The largest absolute Gasteiger partial charge is 0.507 e. The Bertz CT molecular complexity index is 716. The summed E-state index contributed by atoms with van der Waals surface area (Å²) in [7, 11) is 2.97. The number of nitrogens with one attached hydrogen (secondary N) is 1. The lowest BCUT2D eigenvalue weighted by Gasteiger charge is -2.13. The Labute approximate surface area is 133 Å². The number of benzene rings is 2. The van der Waals surface area contributed by atoms with E-state index in [-0.39, 0.29) is 11.3 Å². The number of hydrogen-bond donors (Lipinski definition) is 2. The van der Waals surface area contributed by atoms with Crippen LogP contribution < -0.4 is 14.8 Å². The molecule has 2 rings (SSSR count). The summed E-state index contributed by atoms with van der Waals surface area (Å²) in [4.78, 5) is 12.3. The third kappa shape index (κ3) is 3.26. The fraction of sp³-hybridized carbons (Fsp3) is 0.188. The first kappa shape index (κ1) is 16.0. The van der Waals surface area contributed by atoms with E-state index in [1.807, 2.05) is 6.92 Å². The van der Waals surface area contributed by atoms with Crippen LogP contribution in [0.2, 0.25) is 5.02 Å². The number of carbonyl (C=O) groups excluding carboxylic acids is 1. The second-order valence-electron chi connectivity index (χ2n) is 4.64. The number of methoxy groups -OCH3 is 2. The molecule has 0 aliphatic rings. The van der Waals surface area contributed by atoms with Gasteiger partial charge in [0.1, 0.15) is 17.2 Å². The van der Waals surface area contributed by atoms with Gasteiger partial charge in [-0.3, -0.25) is 4.79 Å². The van der Waals surface area contributed by atoms with Crippen LogP contribution in [0.5, 0.6) is 17.2 Å². The number of aryl methyl sites for hydroxylation is 1. The lowest BCUT2D eigenvalue weighted by Crippen LogP contribution is -2.13. The van der Waals surface area contributed by atoms with Crippen molar-refractivity contribution in [3.05, 3.63) is 46.5 Å². The van der Waals surface area contributed by atoms with Crippen LogP contribution in [0.15, 0.2) is 30.3 Å². The lowest BCUT2D eigenvalue weighted by atomic mass is 10.1. The maximum Gasteiger partial charge on any atom is 0.259 e. The fourth-order valence-corrected chi connectivity index (χ4v) is 2.10. The second kappa shape index (κ2) is 6.58. The van der Waals surface area contributed by atoms with Crippen LogP contribution >= 0.6 is 11.6 Å². The molecule has 5 nitrogen and oxygen atoms in total. The standard InChI is InChI=1S/C16H16ClNO4/c1-9-6-13(15(22-3)8-12(9)17)18-16(20)11-5-4-10(21-2)7-14(11)19/h4-8,19H,1-3H3,(H,18,20). The van der Waals surface area contributed by atoms with E-state index in [0.29, 0.717) is 22.2 Å². The van der Waals surface area contributed by atoms with Crippen molar-refractivity contribution in [3.8, 4) is 17.2 Å². The lowest BCUT2D eigenvalue weighted by molar-refractivity contribution is 0.102. The molecule has 0 fully saturated rings. The van der Waals surface area contributed by atoms with Crippen molar-refractivity contribution in [2.75, 3.05) is 19.5 Å². The van der Waals surface area contributed by atoms with Gasteiger partial charge in [0, 0.05) is 17.2 Å². The first-order valence-corrected chi connectivity index (χ1v) is 6.86. The van der Waals surface area contributed by atoms with Gasteiger partial charge >= 0.3 is 0 Å². The zero-order valence-corrected chi connectivity index (χ0v) is 13.2. The van der Waals surface area contributed by atoms with E-state index in [2.05, 4.69) is 5.32 Å². The quantitative estimate of drug-likeness (QED) is 0.902. The van der Waals surface area contributed by atoms with Crippen LogP contribution in [0.4, 0.5) is 5.69 Å². The minimum Gasteiger partial charge on any atom is -0.507 e. The van der Waals surface area contributed by atoms with E-state index in [4.69, 9.17) is 21.1 Å². The molecule has 2 N–H and O–H groups in total. The topological polar surface area (TPSA) is 67.8 Å². The van der Waals surface area contributed by atoms with Gasteiger partial charge in [0.25, 0.3) is 5.91 Å². The summed E-state index contributed by atoms with van der Waals surface area (Å²) in [6.45, 7) is 1.82. The number of halogens is 1. The molecule has 0 heterocycles. The predicted molar refractivity (Wildman–Crippen MR) is 85.4 cm³/mol. The summed E-state index contributed by atoms with van der Waals surface area (Å²) in [5.74, 6) is 0.285. The Hall–Kier alpha value is -2.40. The van der Waals surface area contributed by atoms with Gasteiger partial charge in [-0.05, 0) is 30.7 Å². The van der Waals surface area contributed by atoms with Crippen molar-refractivity contribution in [2.45, 2.75) is 6.92 Å². The van der Waals surface area contributed by atoms with Gasteiger partial charge in [-0.1, -0.05) is 11.6 Å². The molecule has 0 radical (unpaired) electrons. The summed E-state index contributed by atoms with van der Waals surface area (Å²) in [5.41, 5.74) is 1.41. The molecule has 0 spiro atoms. The number of aromatic hydroxyl groups is 1. The minimum absolute atomic E-state index is 0.135. The number of anilines is 1. The summed E-state index contributed by atoms with van der Waals surface area (Å²) in [6, 6.07) is 7.79. The van der Waals surface area contributed by atoms with Gasteiger partial charge < -0.3 is 19.9 Å². The van der Waals surface area contributed by atoms with E-state index in [9.17, 15) is 9.90 Å². The van der Waals surface area contributed by atoms with E-state index in [1.165, 1.54) is 26.4 Å². The number of phenolic OH excluding ortho intramolecular Hbond substituents is 1. The molecule has 2 aromatic carbocycles. The number of phenols is 1. The molecule has 0 atom stereocenters. The van der Waals surface area contributed by atoms with E-state index < -0.39 is 5.91 Å². The number of amides is 1. The molecule has 116 valence electrons. The average Bonchev–Trinajstić information content (AvgIpc) is 2.50. The molecule has 0 saturated heterocycles. The number of ether oxygens (including phenoxy) is 2. The first-order valence-electron chi connectivity index (χ1n) is 6.48. The average molecular weight is 322 g/mol. The maximum absolute atomic E-state index is 12.3. The Morgan fingerprint density at radius 1 is 1.18 bits per heavy atom. The smallest absolute Gasteiger partial charge is 0.259 e. The van der Waals surface area contributed by atoms with Gasteiger partial charge in [-0.15, -0.1) is 0 Å². The van der Waals surface area contributed by atoms with Gasteiger partial charge in [0.05, 0.1) is 25.5 Å². The molecule has 2 aromatic rings. The molecular formula is C16H16ClNO4. The van der Waals surface area contributed by atoms with Gasteiger partial charge in [-0.25, -0.2) is 0 Å². The zero-order valence-electron chi connectivity index (χ0n) is 12.4. The molecule has 0 bridgehead atoms. The molecule has 6 heteroatoms. The highest BCUT2D eigenvalue weighted by Crippen LogP contribution is 2.32. The summed E-state index contributed by atoms with van der Waals surface area (Å²) in [6.07, 6.45) is 0. The number of hydrogen-bond acceptors (Lipinski definition) is 4. The Balaban J connectivity index is 2.31. The van der Waals surface area contributed by atoms with Gasteiger partial charge in [0.15, 0.2) is 0 Å². The molecule has 0 aromatic heterocycles. The summed E-state index contributed by atoms with van der Waals surface area (Å²) in [5, 5.41) is 13.1. The van der Waals surface area contributed by atoms with Crippen molar-refractivity contribution in [3.63, 3.8) is 0 Å². The maximum atomic E-state index is 12.3. The monoisotopic (exact) mass is 321 g/mol. The van der Waals surface area contributed by atoms with Crippen molar-refractivity contribution in [1.82, 2.24) is 0 Å². The second-order valence-corrected chi connectivity index (χ2v) is 5.05. The van der Waals surface area contributed by atoms with Gasteiger partial charge in [0.2, 0.25) is 0 Å². The molecule has 0 aliphatic heterocycles. The molecule has 1 amide bonds. The Morgan fingerprint density at radius 3 is 2.50 bits per heavy atom. The van der Waals surface area contributed by atoms with Crippen LogP contribution in [0.25, 0.3) is 0 Å². The molecule has 0 saturated carbocycles. The zero-order chi connectivity index (χ0) is 16.3. The third-order valence-corrected chi connectivity index (χ3v) is 3.59. The van der Waals surface area contributed by atoms with E-state index >= 15 is 0 Å². The van der Waals surface area contributed by atoms with E-state index in [1.54, 1.807) is 18.2 Å². The highest BCUT2D eigenvalue weighted by molar-refractivity contribution is 6.31. The minimum atomic E-state index is -0.458. The highest BCUT2D eigenvalue weighted by atomic mass is 35.5. The molecule has 22 heavy (non-hydrogen) atoms. The number of carbonyl (C=O) groups is 1. The highest BCUT2D eigenvalue weighted by Gasteiger charge is 2.15. The van der Waals surface area contributed by atoms with Crippen LogP contribution in [-0.2, 0) is 0 Å². The van der Waals surface area contributed by atoms with Crippen LogP contribution in [-0.4, -0.2) is 25.2 Å². The van der Waals surface area contributed by atoms with Crippen molar-refractivity contribution >= 4 is 23.2 Å². The SMILES string of the molecule is COc1ccc(C(=O)Nc2cc(C)c(Cl)cc2OC)c(O)c1. The third-order valence-electron chi connectivity index (χ3n) is 3.18. The summed E-state index contributed by atoms with van der Waals surface area (Å²) >= 11 is 6.03. The van der Waals surface area contributed by atoms with Crippen molar-refractivity contribution in [2.24, 2.45) is 0 Å². The first-order chi connectivity index (χ1) is 10.5. The van der Waals surface area contributed by atoms with E-state index in [0.717, 1.165) is 5.56 Å². The van der Waals surface area contributed by atoms with Crippen molar-refractivity contribution < 1.29 is 19.4 Å². The Morgan fingerprint density at radius 2 is 1.91 bits per heavy atom. The molecule has 0 unspecified atom stereocenters. The van der Waals surface area contributed by atoms with Gasteiger partial charge in [-0.2, -0.15) is 0 Å². The normalized spacial score (nSPS) is 10.2. The summed E-state index contributed by atoms with van der Waals surface area (Å²) < 4.78 is 10.2.